The number of fused-ring (bicyclic) bond motifs is 1. The van der Waals surface area contributed by atoms with E-state index in [1.54, 1.807) is 11.0 Å². The molecule has 1 N–H and O–H groups in total. The van der Waals surface area contributed by atoms with E-state index in [1.807, 2.05) is 37.3 Å². The normalized spacial score (nSPS) is 13.2. The first kappa shape index (κ1) is 13.0. The molecule has 0 bridgehead atoms. The zero-order chi connectivity index (χ0) is 14.1. The van der Waals surface area contributed by atoms with Crippen LogP contribution in [0.4, 0.5) is 16.2 Å². The Kier molecular flexibility index (Phi) is 3.36. The molecule has 4 heteroatoms. The fourth-order valence-corrected chi connectivity index (χ4v) is 2.59. The third kappa shape index (κ3) is 2.37. The van der Waals surface area contributed by atoms with Crippen LogP contribution in [-0.2, 0) is 6.42 Å². The van der Waals surface area contributed by atoms with E-state index in [2.05, 4.69) is 11.4 Å². The molecule has 20 heavy (non-hydrogen) atoms. The Morgan fingerprint density at radius 1 is 1.25 bits per heavy atom. The first-order valence-corrected chi connectivity index (χ1v) is 6.95. The van der Waals surface area contributed by atoms with Gasteiger partial charge in [0.05, 0.1) is 0 Å². The number of amides is 2. The Morgan fingerprint density at radius 3 is 2.85 bits per heavy atom. The zero-order valence-electron chi connectivity index (χ0n) is 11.2. The maximum absolute atomic E-state index is 12.3. The highest BCUT2D eigenvalue weighted by atomic mass is 35.5. The highest BCUT2D eigenvalue weighted by Crippen LogP contribution is 2.28. The third-order valence-electron chi connectivity index (χ3n) is 3.56. The van der Waals surface area contributed by atoms with Crippen LogP contribution in [0.3, 0.4) is 0 Å². The molecule has 0 fully saturated rings. The van der Waals surface area contributed by atoms with Crippen molar-refractivity contribution in [2.75, 3.05) is 16.8 Å². The van der Waals surface area contributed by atoms with Gasteiger partial charge in [0.2, 0.25) is 0 Å². The van der Waals surface area contributed by atoms with E-state index in [9.17, 15) is 4.79 Å². The maximum Gasteiger partial charge on any atom is 0.326 e. The molecule has 1 aliphatic rings. The molecule has 0 unspecified atom stereocenters. The lowest BCUT2D eigenvalue weighted by atomic mass is 10.2. The SMILES string of the molecule is Cc1ccc(NC(=O)N2CCc3ccccc32)cc1Cl. The summed E-state index contributed by atoms with van der Waals surface area (Å²) >= 11 is 6.07. The number of halogens is 1. The highest BCUT2D eigenvalue weighted by Gasteiger charge is 2.24. The number of hydrogen-bond donors (Lipinski definition) is 1. The fraction of sp³-hybridized carbons (Fsp3) is 0.188. The Labute approximate surface area is 123 Å². The lowest BCUT2D eigenvalue weighted by Gasteiger charge is -2.18. The second-order valence-corrected chi connectivity index (χ2v) is 5.33. The molecule has 0 aliphatic carbocycles. The minimum absolute atomic E-state index is 0.116. The highest BCUT2D eigenvalue weighted by molar-refractivity contribution is 6.31. The van der Waals surface area contributed by atoms with Crippen molar-refractivity contribution in [1.29, 1.82) is 0 Å². The average Bonchev–Trinajstić information content (AvgIpc) is 2.87. The number of hydrogen-bond acceptors (Lipinski definition) is 1. The van der Waals surface area contributed by atoms with Gasteiger partial charge in [0.1, 0.15) is 0 Å². The van der Waals surface area contributed by atoms with Gasteiger partial charge in [-0.25, -0.2) is 4.79 Å². The summed E-state index contributed by atoms with van der Waals surface area (Å²) in [5.74, 6) is 0. The standard InChI is InChI=1S/C16H15ClN2O/c1-11-6-7-13(10-14(11)17)18-16(20)19-9-8-12-4-2-3-5-15(12)19/h2-7,10H,8-9H2,1H3,(H,18,20). The number of nitrogens with one attached hydrogen (secondary N) is 1. The summed E-state index contributed by atoms with van der Waals surface area (Å²) in [7, 11) is 0. The Hall–Kier alpha value is -2.00. The number of para-hydroxylation sites is 1. The summed E-state index contributed by atoms with van der Waals surface area (Å²) < 4.78 is 0. The fourth-order valence-electron chi connectivity index (χ4n) is 2.41. The van der Waals surface area contributed by atoms with Crippen LogP contribution < -0.4 is 10.2 Å². The van der Waals surface area contributed by atoms with Crippen molar-refractivity contribution in [3.63, 3.8) is 0 Å². The number of carbonyl (C=O) groups is 1. The van der Waals surface area contributed by atoms with Crippen LogP contribution in [0.1, 0.15) is 11.1 Å². The van der Waals surface area contributed by atoms with E-state index in [0.29, 0.717) is 11.6 Å². The minimum atomic E-state index is -0.116. The van der Waals surface area contributed by atoms with Crippen molar-refractivity contribution < 1.29 is 4.79 Å². The second-order valence-electron chi connectivity index (χ2n) is 4.92. The molecule has 1 aliphatic heterocycles. The van der Waals surface area contributed by atoms with E-state index in [-0.39, 0.29) is 6.03 Å². The topological polar surface area (TPSA) is 32.3 Å². The van der Waals surface area contributed by atoms with Crippen molar-refractivity contribution >= 4 is 29.0 Å². The van der Waals surface area contributed by atoms with Gasteiger partial charge in [-0.1, -0.05) is 35.9 Å². The molecular weight excluding hydrogens is 272 g/mol. The number of urea groups is 1. The molecule has 0 aromatic heterocycles. The molecule has 0 radical (unpaired) electrons. The molecule has 2 amide bonds. The van der Waals surface area contributed by atoms with E-state index < -0.39 is 0 Å². The lowest BCUT2D eigenvalue weighted by Crippen LogP contribution is -2.33. The van der Waals surface area contributed by atoms with Gasteiger partial charge >= 0.3 is 6.03 Å². The molecule has 1 heterocycles. The molecular formula is C16H15ClN2O. The van der Waals surface area contributed by atoms with Crippen LogP contribution >= 0.6 is 11.6 Å². The molecule has 102 valence electrons. The molecule has 0 saturated heterocycles. The van der Waals surface area contributed by atoms with Crippen LogP contribution in [0.2, 0.25) is 5.02 Å². The lowest BCUT2D eigenvalue weighted by molar-refractivity contribution is 0.257. The minimum Gasteiger partial charge on any atom is -0.307 e. The van der Waals surface area contributed by atoms with Crippen molar-refractivity contribution in [3.8, 4) is 0 Å². The van der Waals surface area contributed by atoms with Gasteiger partial charge in [0.15, 0.2) is 0 Å². The van der Waals surface area contributed by atoms with E-state index in [1.165, 1.54) is 5.56 Å². The van der Waals surface area contributed by atoms with Crippen molar-refractivity contribution in [3.05, 3.63) is 58.6 Å². The summed E-state index contributed by atoms with van der Waals surface area (Å²) in [6.07, 6.45) is 0.901. The predicted octanol–water partition coefficient (Wildman–Crippen LogP) is 4.24. The number of anilines is 2. The van der Waals surface area contributed by atoms with Crippen LogP contribution in [0.5, 0.6) is 0 Å². The molecule has 2 aromatic carbocycles. The van der Waals surface area contributed by atoms with Gasteiger partial charge in [0, 0.05) is 22.9 Å². The molecule has 0 spiro atoms. The molecule has 2 aromatic rings. The quantitative estimate of drug-likeness (QED) is 0.835. The van der Waals surface area contributed by atoms with Gasteiger partial charge in [-0.15, -0.1) is 0 Å². The van der Waals surface area contributed by atoms with Crippen LogP contribution in [-0.4, -0.2) is 12.6 Å². The summed E-state index contributed by atoms with van der Waals surface area (Å²) in [4.78, 5) is 14.1. The maximum atomic E-state index is 12.3. The molecule has 0 atom stereocenters. The number of nitrogens with zero attached hydrogens (tertiary/aromatic N) is 1. The predicted molar refractivity (Wildman–Crippen MR) is 82.7 cm³/mol. The second kappa shape index (κ2) is 5.17. The van der Waals surface area contributed by atoms with E-state index in [4.69, 9.17) is 11.6 Å². The third-order valence-corrected chi connectivity index (χ3v) is 3.96. The molecule has 3 rings (SSSR count). The van der Waals surface area contributed by atoms with Gasteiger partial charge in [-0.05, 0) is 42.7 Å². The summed E-state index contributed by atoms with van der Waals surface area (Å²) in [5.41, 5.74) is 3.92. The Bertz CT molecular complexity index is 669. The number of aryl methyl sites for hydroxylation is 1. The van der Waals surface area contributed by atoms with E-state index in [0.717, 1.165) is 23.4 Å². The van der Waals surface area contributed by atoms with Gasteiger partial charge in [-0.2, -0.15) is 0 Å². The first-order chi connectivity index (χ1) is 9.65. The van der Waals surface area contributed by atoms with Crippen LogP contribution in [0.15, 0.2) is 42.5 Å². The summed E-state index contributed by atoms with van der Waals surface area (Å²) in [5, 5.41) is 3.55. The van der Waals surface area contributed by atoms with Crippen molar-refractivity contribution in [1.82, 2.24) is 0 Å². The largest absolute Gasteiger partial charge is 0.326 e. The van der Waals surface area contributed by atoms with Gasteiger partial charge in [0.25, 0.3) is 0 Å². The number of carbonyl (C=O) groups excluding carboxylic acids is 1. The van der Waals surface area contributed by atoms with E-state index >= 15 is 0 Å². The first-order valence-electron chi connectivity index (χ1n) is 6.58. The molecule has 0 saturated carbocycles. The Morgan fingerprint density at radius 2 is 2.05 bits per heavy atom. The number of benzene rings is 2. The summed E-state index contributed by atoms with van der Waals surface area (Å²) in [6.45, 7) is 2.65. The van der Waals surface area contributed by atoms with Crippen LogP contribution in [0, 0.1) is 6.92 Å². The van der Waals surface area contributed by atoms with Crippen molar-refractivity contribution in [2.24, 2.45) is 0 Å². The number of rotatable bonds is 1. The average molecular weight is 287 g/mol. The van der Waals surface area contributed by atoms with Gasteiger partial charge < -0.3 is 5.32 Å². The van der Waals surface area contributed by atoms with Crippen molar-refractivity contribution in [2.45, 2.75) is 13.3 Å². The van der Waals surface area contributed by atoms with Crippen LogP contribution in [0.25, 0.3) is 0 Å². The summed E-state index contributed by atoms with van der Waals surface area (Å²) in [6, 6.07) is 13.4. The smallest absolute Gasteiger partial charge is 0.307 e. The Balaban J connectivity index is 1.79. The zero-order valence-corrected chi connectivity index (χ0v) is 11.9. The monoisotopic (exact) mass is 286 g/mol. The molecule has 3 nitrogen and oxygen atoms in total. The van der Waals surface area contributed by atoms with Gasteiger partial charge in [-0.3, -0.25) is 4.90 Å².